The fourth-order valence-electron chi connectivity index (χ4n) is 2.72. The van der Waals surface area contributed by atoms with Crippen LogP contribution in [0, 0.1) is 25.2 Å². The third-order valence-electron chi connectivity index (χ3n) is 3.75. The topological polar surface area (TPSA) is 85.3 Å². The summed E-state index contributed by atoms with van der Waals surface area (Å²) in [6.07, 6.45) is 0. The number of allylic oxidation sites excluding steroid dienone is 2. The van der Waals surface area contributed by atoms with Crippen molar-refractivity contribution >= 4 is 5.97 Å². The van der Waals surface area contributed by atoms with Gasteiger partial charge < -0.3 is 15.2 Å². The van der Waals surface area contributed by atoms with Crippen LogP contribution in [0.4, 0.5) is 0 Å². The fraction of sp³-hybridized carbons (Fsp3) is 0.294. The summed E-state index contributed by atoms with van der Waals surface area (Å²) in [5.41, 5.74) is 9.28. The first-order chi connectivity index (χ1) is 10.4. The van der Waals surface area contributed by atoms with E-state index in [-0.39, 0.29) is 11.5 Å². The number of rotatable bonds is 2. The zero-order valence-electron chi connectivity index (χ0n) is 13.1. The van der Waals surface area contributed by atoms with E-state index in [4.69, 9.17) is 15.2 Å². The molecular formula is C17H18N2O3. The second-order valence-corrected chi connectivity index (χ2v) is 5.25. The van der Waals surface area contributed by atoms with Crippen LogP contribution >= 0.6 is 0 Å². The van der Waals surface area contributed by atoms with Crippen LogP contribution in [0.5, 0.6) is 0 Å². The van der Waals surface area contributed by atoms with Crippen LogP contribution in [0.3, 0.4) is 0 Å². The Balaban J connectivity index is 2.71. The lowest BCUT2D eigenvalue weighted by Crippen LogP contribution is -2.25. The van der Waals surface area contributed by atoms with E-state index in [9.17, 15) is 10.1 Å². The Morgan fingerprint density at radius 1 is 1.36 bits per heavy atom. The summed E-state index contributed by atoms with van der Waals surface area (Å²) in [6.45, 7) is 5.56. The summed E-state index contributed by atoms with van der Waals surface area (Å²) in [7, 11) is 1.30. The highest BCUT2D eigenvalue weighted by atomic mass is 16.5. The Hall–Kier alpha value is -2.74. The fourth-order valence-corrected chi connectivity index (χ4v) is 2.72. The summed E-state index contributed by atoms with van der Waals surface area (Å²) in [6, 6.07) is 7.90. The monoisotopic (exact) mass is 298 g/mol. The van der Waals surface area contributed by atoms with Gasteiger partial charge in [-0.25, -0.2) is 4.79 Å². The van der Waals surface area contributed by atoms with Gasteiger partial charge in [0.05, 0.1) is 18.6 Å². The van der Waals surface area contributed by atoms with Gasteiger partial charge in [-0.15, -0.1) is 0 Å². The average Bonchev–Trinajstić information content (AvgIpc) is 2.46. The Labute approximate surface area is 129 Å². The molecule has 2 N–H and O–H groups in total. The Morgan fingerprint density at radius 3 is 2.59 bits per heavy atom. The van der Waals surface area contributed by atoms with E-state index in [1.54, 1.807) is 6.92 Å². The minimum atomic E-state index is -0.577. The number of aryl methyl sites for hydroxylation is 2. The molecule has 5 nitrogen and oxygen atoms in total. The molecule has 1 aromatic rings. The van der Waals surface area contributed by atoms with Gasteiger partial charge in [0.25, 0.3) is 0 Å². The number of carbonyl (C=O) groups excluding carboxylic acids is 1. The third kappa shape index (κ3) is 2.56. The van der Waals surface area contributed by atoms with E-state index in [1.165, 1.54) is 7.11 Å². The molecule has 114 valence electrons. The molecule has 0 saturated heterocycles. The molecule has 1 heterocycles. The molecule has 1 aromatic carbocycles. The third-order valence-corrected chi connectivity index (χ3v) is 3.75. The summed E-state index contributed by atoms with van der Waals surface area (Å²) in [5.74, 6) is -0.722. The van der Waals surface area contributed by atoms with Crippen LogP contribution in [0.2, 0.25) is 0 Å². The Morgan fingerprint density at radius 2 is 2.05 bits per heavy atom. The molecule has 0 unspecified atom stereocenters. The molecule has 1 aliphatic rings. The predicted octanol–water partition coefficient (Wildman–Crippen LogP) is 2.56. The summed E-state index contributed by atoms with van der Waals surface area (Å²) < 4.78 is 10.2. The van der Waals surface area contributed by atoms with Crippen LogP contribution in [0.15, 0.2) is 41.0 Å². The second kappa shape index (κ2) is 5.94. The van der Waals surface area contributed by atoms with Crippen molar-refractivity contribution < 1.29 is 14.3 Å². The van der Waals surface area contributed by atoms with E-state index in [0.717, 1.165) is 16.7 Å². The van der Waals surface area contributed by atoms with E-state index >= 15 is 0 Å². The van der Waals surface area contributed by atoms with Crippen LogP contribution < -0.4 is 5.73 Å². The highest BCUT2D eigenvalue weighted by Crippen LogP contribution is 2.40. The van der Waals surface area contributed by atoms with Gasteiger partial charge >= 0.3 is 5.97 Å². The lowest BCUT2D eigenvalue weighted by Gasteiger charge is -2.27. The van der Waals surface area contributed by atoms with Crippen molar-refractivity contribution in [2.24, 2.45) is 5.73 Å². The van der Waals surface area contributed by atoms with Crippen molar-refractivity contribution in [2.75, 3.05) is 7.11 Å². The molecule has 0 spiro atoms. The molecule has 2 rings (SSSR count). The number of nitrogens with two attached hydrogens (primary N) is 1. The van der Waals surface area contributed by atoms with Crippen LogP contribution in [-0.2, 0) is 14.3 Å². The minimum absolute atomic E-state index is 0.0256. The number of benzene rings is 1. The van der Waals surface area contributed by atoms with Crippen molar-refractivity contribution in [1.29, 1.82) is 5.26 Å². The molecular weight excluding hydrogens is 280 g/mol. The zero-order chi connectivity index (χ0) is 16.4. The second-order valence-electron chi connectivity index (χ2n) is 5.25. The van der Waals surface area contributed by atoms with Gasteiger partial charge in [0.2, 0.25) is 5.88 Å². The molecule has 0 aliphatic carbocycles. The molecule has 0 aromatic heterocycles. The highest BCUT2D eigenvalue weighted by Gasteiger charge is 2.36. The number of hydrogen-bond acceptors (Lipinski definition) is 5. The molecule has 0 saturated carbocycles. The molecule has 1 aliphatic heterocycles. The van der Waals surface area contributed by atoms with E-state index < -0.39 is 11.9 Å². The van der Waals surface area contributed by atoms with Gasteiger partial charge in [-0.3, -0.25) is 0 Å². The molecule has 0 bridgehead atoms. The maximum Gasteiger partial charge on any atom is 0.338 e. The molecule has 1 atom stereocenters. The normalized spacial score (nSPS) is 17.9. The van der Waals surface area contributed by atoms with Crippen LogP contribution in [-0.4, -0.2) is 13.1 Å². The van der Waals surface area contributed by atoms with E-state index in [0.29, 0.717) is 11.3 Å². The average molecular weight is 298 g/mol. The summed E-state index contributed by atoms with van der Waals surface area (Å²) in [4.78, 5) is 12.2. The number of carbonyl (C=O) groups is 1. The van der Waals surface area contributed by atoms with Crippen molar-refractivity contribution in [1.82, 2.24) is 0 Å². The predicted molar refractivity (Wildman–Crippen MR) is 81.3 cm³/mol. The number of hydrogen-bond donors (Lipinski definition) is 1. The van der Waals surface area contributed by atoms with E-state index in [1.807, 2.05) is 32.0 Å². The van der Waals surface area contributed by atoms with Gasteiger partial charge in [-0.1, -0.05) is 23.8 Å². The van der Waals surface area contributed by atoms with Crippen molar-refractivity contribution in [3.05, 3.63) is 57.7 Å². The largest absolute Gasteiger partial charge is 0.466 e. The van der Waals surface area contributed by atoms with Crippen LogP contribution in [0.25, 0.3) is 0 Å². The maximum atomic E-state index is 12.2. The summed E-state index contributed by atoms with van der Waals surface area (Å²) >= 11 is 0. The maximum absolute atomic E-state index is 12.2. The molecule has 0 fully saturated rings. The number of nitrogens with zero attached hydrogens (tertiary/aromatic N) is 1. The Bertz CT molecular complexity index is 739. The van der Waals surface area contributed by atoms with Gasteiger partial charge in [-0.2, -0.15) is 5.26 Å². The first-order valence-corrected chi connectivity index (χ1v) is 6.84. The first kappa shape index (κ1) is 15.6. The van der Waals surface area contributed by atoms with Crippen molar-refractivity contribution in [3.8, 4) is 6.07 Å². The first-order valence-electron chi connectivity index (χ1n) is 6.84. The SMILES string of the molecule is COC(=O)C1=C(C)OC(N)=C(C#N)[C@H]1c1ccc(C)cc1C. The van der Waals surface area contributed by atoms with Crippen LogP contribution in [0.1, 0.15) is 29.5 Å². The van der Waals surface area contributed by atoms with Gasteiger partial charge in [0.15, 0.2) is 0 Å². The molecule has 5 heteroatoms. The zero-order valence-corrected chi connectivity index (χ0v) is 13.1. The van der Waals surface area contributed by atoms with Gasteiger partial charge in [-0.05, 0) is 31.9 Å². The Kier molecular flexibility index (Phi) is 4.22. The number of esters is 1. The highest BCUT2D eigenvalue weighted by molar-refractivity contribution is 5.92. The lowest BCUT2D eigenvalue weighted by molar-refractivity contribution is -0.136. The van der Waals surface area contributed by atoms with Crippen molar-refractivity contribution in [2.45, 2.75) is 26.7 Å². The van der Waals surface area contributed by atoms with Crippen molar-refractivity contribution in [3.63, 3.8) is 0 Å². The lowest BCUT2D eigenvalue weighted by atomic mass is 9.81. The smallest absolute Gasteiger partial charge is 0.338 e. The van der Waals surface area contributed by atoms with Gasteiger partial charge in [0.1, 0.15) is 17.4 Å². The number of methoxy groups -OCH3 is 1. The molecule has 0 amide bonds. The quantitative estimate of drug-likeness (QED) is 0.848. The molecule has 22 heavy (non-hydrogen) atoms. The standard InChI is InChI=1S/C17H18N2O3/c1-9-5-6-12(10(2)7-9)15-13(8-18)16(19)22-11(3)14(15)17(20)21-4/h5-7,15H,19H2,1-4H3/t15-/m1/s1. The number of nitriles is 1. The minimum Gasteiger partial charge on any atom is -0.466 e. The number of ether oxygens (including phenoxy) is 2. The summed E-state index contributed by atoms with van der Waals surface area (Å²) in [5, 5.41) is 9.45. The van der Waals surface area contributed by atoms with E-state index in [2.05, 4.69) is 6.07 Å². The van der Waals surface area contributed by atoms with Gasteiger partial charge in [0, 0.05) is 0 Å². The molecule has 0 radical (unpaired) electrons.